The molecule has 1 N–H and O–H groups in total. The van der Waals surface area contributed by atoms with E-state index in [-0.39, 0.29) is 17.2 Å². The minimum atomic E-state index is -2.89. The lowest BCUT2D eigenvalue weighted by Gasteiger charge is -2.52. The Bertz CT molecular complexity index is 1190. The Morgan fingerprint density at radius 2 is 1.32 bits per heavy atom. The maximum absolute atomic E-state index is 13.5. The van der Waals surface area contributed by atoms with Gasteiger partial charge in [0.05, 0.1) is 23.0 Å². The van der Waals surface area contributed by atoms with Crippen molar-refractivity contribution in [1.29, 1.82) is 0 Å². The number of carbonyl (C=O) groups excluding carboxylic acids is 2. The van der Waals surface area contributed by atoms with Crippen LogP contribution in [0.5, 0.6) is 0 Å². The lowest BCUT2D eigenvalue weighted by molar-refractivity contribution is -0.466. The van der Waals surface area contributed by atoms with Gasteiger partial charge in [-0.3, -0.25) is 9.59 Å². The van der Waals surface area contributed by atoms with Gasteiger partial charge < -0.3 is 9.53 Å². The maximum Gasteiger partial charge on any atom is 0.261 e. The first-order valence-corrected chi connectivity index (χ1v) is 14.6. The summed E-state index contributed by atoms with van der Waals surface area (Å²) in [5.74, 6) is -3.06. The Morgan fingerprint density at radius 3 is 1.78 bits per heavy atom. The molecule has 1 aliphatic heterocycles. The average Bonchev–Trinajstić information content (AvgIpc) is 2.85. The largest absolute Gasteiger partial charge is 0.404 e. The van der Waals surface area contributed by atoms with Gasteiger partial charge in [0, 0.05) is 0 Å². The molecule has 0 aromatic heterocycles. The van der Waals surface area contributed by atoms with Crippen molar-refractivity contribution in [3.05, 3.63) is 72.3 Å². The van der Waals surface area contributed by atoms with Crippen LogP contribution in [-0.2, 0) is 23.8 Å². The third kappa shape index (κ3) is 4.08. The topological polar surface area (TPSA) is 82.1 Å². The standard InChI is InChI=1S/C30H38O6Si/c1-26(2,3)37(21-15-11-9-12-16-21,22-17-13-10-14-18-22)34-20-29(8)19-23-24(31)27(4,5)25(32)28(6,7)30(23,33)36-35-29/h9-19,33H,20H2,1-8H3. The first kappa shape index (κ1) is 27.6. The van der Waals surface area contributed by atoms with E-state index in [1.807, 2.05) is 36.4 Å². The number of carbonyl (C=O) groups is 2. The van der Waals surface area contributed by atoms with Gasteiger partial charge in [0.25, 0.3) is 8.32 Å². The summed E-state index contributed by atoms with van der Waals surface area (Å²) in [6, 6.07) is 20.4. The number of hydrogen-bond donors (Lipinski definition) is 1. The number of ketones is 2. The monoisotopic (exact) mass is 522 g/mol. The summed E-state index contributed by atoms with van der Waals surface area (Å²) >= 11 is 0. The molecular weight excluding hydrogens is 484 g/mol. The highest BCUT2D eigenvalue weighted by Gasteiger charge is 2.67. The normalized spacial score (nSPS) is 27.4. The Balaban J connectivity index is 1.81. The van der Waals surface area contributed by atoms with Crippen LogP contribution < -0.4 is 10.4 Å². The zero-order valence-corrected chi connectivity index (χ0v) is 24.0. The molecule has 6 nitrogen and oxygen atoms in total. The molecule has 0 spiro atoms. The summed E-state index contributed by atoms with van der Waals surface area (Å²) in [5, 5.41) is 13.4. The molecule has 37 heavy (non-hydrogen) atoms. The molecule has 2 aliphatic rings. The highest BCUT2D eigenvalue weighted by molar-refractivity contribution is 6.99. The van der Waals surface area contributed by atoms with E-state index in [0.29, 0.717) is 0 Å². The summed E-state index contributed by atoms with van der Waals surface area (Å²) in [7, 11) is -2.89. The van der Waals surface area contributed by atoms with Crippen LogP contribution >= 0.6 is 0 Å². The molecule has 1 fully saturated rings. The molecular formula is C30H38O6Si. The number of aliphatic hydroxyl groups is 1. The fourth-order valence-electron chi connectivity index (χ4n) is 5.74. The smallest absolute Gasteiger partial charge is 0.261 e. The summed E-state index contributed by atoms with van der Waals surface area (Å²) in [4.78, 5) is 37.9. The predicted octanol–water partition coefficient (Wildman–Crippen LogP) is 4.10. The summed E-state index contributed by atoms with van der Waals surface area (Å²) in [5.41, 5.74) is -3.85. The molecule has 0 saturated heterocycles. The SMILES string of the molecule is CC1(CO[Si](c2ccccc2)(c2ccccc2)C(C)(C)C)C=C2C(=O)C(C)(C)C(=O)C(C)(C)C2(O)OO1. The molecule has 0 radical (unpaired) electrons. The maximum atomic E-state index is 13.5. The van der Waals surface area contributed by atoms with Gasteiger partial charge in [-0.05, 0) is 56.1 Å². The second-order valence-electron chi connectivity index (χ2n) is 12.5. The van der Waals surface area contributed by atoms with Gasteiger partial charge in [-0.2, -0.15) is 4.89 Å². The summed E-state index contributed by atoms with van der Waals surface area (Å²) in [6.07, 6.45) is 1.59. The second-order valence-corrected chi connectivity index (χ2v) is 16.8. The van der Waals surface area contributed by atoms with Crippen molar-refractivity contribution >= 4 is 30.3 Å². The van der Waals surface area contributed by atoms with E-state index >= 15 is 0 Å². The number of Topliss-reactive ketones (excluding diaryl/α,β-unsaturated/α-hetero) is 2. The van der Waals surface area contributed by atoms with Crippen molar-refractivity contribution in [1.82, 2.24) is 0 Å². The van der Waals surface area contributed by atoms with E-state index in [1.54, 1.807) is 40.7 Å². The van der Waals surface area contributed by atoms with Crippen molar-refractivity contribution in [2.75, 3.05) is 6.61 Å². The van der Waals surface area contributed by atoms with Crippen LogP contribution in [0.4, 0.5) is 0 Å². The fraction of sp³-hybridized carbons (Fsp3) is 0.467. The highest BCUT2D eigenvalue weighted by atomic mass is 28.4. The van der Waals surface area contributed by atoms with Crippen molar-refractivity contribution in [3.63, 3.8) is 0 Å². The molecule has 2 atom stereocenters. The Kier molecular flexibility index (Phi) is 6.58. The molecule has 4 rings (SSSR count). The molecule has 0 amide bonds. The van der Waals surface area contributed by atoms with Crippen molar-refractivity contribution in [2.45, 2.75) is 71.8 Å². The first-order chi connectivity index (χ1) is 17.0. The fourth-order valence-corrected chi connectivity index (χ4v) is 10.4. The minimum absolute atomic E-state index is 0.0295. The minimum Gasteiger partial charge on any atom is -0.404 e. The Labute approximate surface area is 220 Å². The number of rotatable bonds is 5. The number of benzene rings is 2. The van der Waals surface area contributed by atoms with Crippen molar-refractivity contribution in [3.8, 4) is 0 Å². The van der Waals surface area contributed by atoms with E-state index in [4.69, 9.17) is 14.2 Å². The van der Waals surface area contributed by atoms with Crippen LogP contribution in [0.2, 0.25) is 5.04 Å². The van der Waals surface area contributed by atoms with Gasteiger partial charge in [-0.15, -0.1) is 0 Å². The van der Waals surface area contributed by atoms with Crippen molar-refractivity contribution < 1.29 is 28.9 Å². The quantitative estimate of drug-likeness (QED) is 0.362. The summed E-state index contributed by atoms with van der Waals surface area (Å²) < 4.78 is 7.01. The zero-order valence-electron chi connectivity index (χ0n) is 23.0. The molecule has 1 aliphatic carbocycles. The van der Waals surface area contributed by atoms with Crippen LogP contribution in [0.25, 0.3) is 0 Å². The molecule has 2 unspecified atom stereocenters. The number of hydrogen-bond acceptors (Lipinski definition) is 6. The van der Waals surface area contributed by atoms with Crippen LogP contribution in [0.3, 0.4) is 0 Å². The molecule has 2 aromatic carbocycles. The van der Waals surface area contributed by atoms with Gasteiger partial charge in [0.15, 0.2) is 11.6 Å². The van der Waals surface area contributed by atoms with Gasteiger partial charge in [0.2, 0.25) is 5.79 Å². The van der Waals surface area contributed by atoms with Crippen LogP contribution in [0, 0.1) is 10.8 Å². The van der Waals surface area contributed by atoms with E-state index < -0.39 is 42.1 Å². The lowest BCUT2D eigenvalue weighted by atomic mass is 9.57. The summed E-state index contributed by atoms with van der Waals surface area (Å²) in [6.45, 7) is 14.7. The zero-order chi connectivity index (χ0) is 27.5. The Hall–Kier alpha value is -2.42. The number of fused-ring (bicyclic) bond motifs is 1. The highest BCUT2D eigenvalue weighted by Crippen LogP contribution is 2.53. The lowest BCUT2D eigenvalue weighted by Crippen LogP contribution is -2.69. The van der Waals surface area contributed by atoms with Gasteiger partial charge in [-0.1, -0.05) is 81.4 Å². The average molecular weight is 523 g/mol. The van der Waals surface area contributed by atoms with Gasteiger partial charge >= 0.3 is 0 Å². The molecule has 1 heterocycles. The third-order valence-electron chi connectivity index (χ3n) is 7.95. The molecule has 7 heteroatoms. The van der Waals surface area contributed by atoms with E-state index in [1.165, 1.54) is 0 Å². The molecule has 198 valence electrons. The second kappa shape index (κ2) is 8.82. The third-order valence-corrected chi connectivity index (χ3v) is 12.9. The van der Waals surface area contributed by atoms with Crippen LogP contribution in [-0.4, -0.2) is 43.0 Å². The van der Waals surface area contributed by atoms with Crippen LogP contribution in [0.15, 0.2) is 72.3 Å². The van der Waals surface area contributed by atoms with Gasteiger partial charge in [0.1, 0.15) is 5.60 Å². The Morgan fingerprint density at radius 1 is 0.838 bits per heavy atom. The van der Waals surface area contributed by atoms with Crippen molar-refractivity contribution in [2.24, 2.45) is 10.8 Å². The van der Waals surface area contributed by atoms with Gasteiger partial charge in [-0.25, -0.2) is 4.89 Å². The van der Waals surface area contributed by atoms with E-state index in [2.05, 4.69) is 45.0 Å². The van der Waals surface area contributed by atoms with E-state index in [0.717, 1.165) is 10.4 Å². The van der Waals surface area contributed by atoms with Crippen LogP contribution in [0.1, 0.15) is 55.4 Å². The molecule has 2 aromatic rings. The van der Waals surface area contributed by atoms with E-state index in [9.17, 15) is 14.7 Å². The molecule has 1 saturated carbocycles. The first-order valence-electron chi connectivity index (χ1n) is 12.7. The predicted molar refractivity (Wildman–Crippen MR) is 145 cm³/mol. The molecule has 0 bridgehead atoms.